The van der Waals surface area contributed by atoms with Gasteiger partial charge < -0.3 is 4.74 Å². The molecule has 0 saturated carbocycles. The summed E-state index contributed by atoms with van der Waals surface area (Å²) in [5.41, 5.74) is 0.196. The van der Waals surface area contributed by atoms with Crippen LogP contribution in [0.3, 0.4) is 0 Å². The second kappa shape index (κ2) is 7.81. The van der Waals surface area contributed by atoms with Crippen molar-refractivity contribution in [3.63, 3.8) is 0 Å². The van der Waals surface area contributed by atoms with Crippen LogP contribution in [-0.2, 0) is 14.6 Å². The molecule has 4 nitrogen and oxygen atoms in total. The largest absolute Gasteiger partial charge is 0.462 e. The predicted molar refractivity (Wildman–Crippen MR) is 89.9 cm³/mol. The quantitative estimate of drug-likeness (QED) is 0.567. The molecule has 0 atom stereocenters. The summed E-state index contributed by atoms with van der Waals surface area (Å²) in [5.74, 6) is -0.706. The summed E-state index contributed by atoms with van der Waals surface area (Å²) < 4.78 is 29.2. The highest BCUT2D eigenvalue weighted by atomic mass is 35.5. The molecule has 0 aliphatic carbocycles. The second-order valence-corrected chi connectivity index (χ2v) is 7.70. The Morgan fingerprint density at radius 1 is 1.04 bits per heavy atom. The average molecular weight is 373 g/mol. The Morgan fingerprint density at radius 3 is 2.39 bits per heavy atom. The molecule has 0 bridgehead atoms. The minimum atomic E-state index is -3.37. The summed E-state index contributed by atoms with van der Waals surface area (Å²) >= 11 is 11.7. The zero-order valence-electron chi connectivity index (χ0n) is 12.0. The molecule has 2 aromatic rings. The lowest BCUT2D eigenvalue weighted by molar-refractivity contribution is 0.0506. The number of benzene rings is 2. The number of hydrogen-bond acceptors (Lipinski definition) is 4. The van der Waals surface area contributed by atoms with Gasteiger partial charge in [0.15, 0.2) is 9.84 Å². The number of carbonyl (C=O) groups is 1. The number of sulfone groups is 1. The zero-order valence-corrected chi connectivity index (χ0v) is 14.4. The Labute approximate surface area is 144 Å². The first-order valence-corrected chi connectivity index (χ1v) is 9.21. The van der Waals surface area contributed by atoms with Gasteiger partial charge in [-0.25, -0.2) is 13.2 Å². The highest BCUT2D eigenvalue weighted by Gasteiger charge is 2.15. The van der Waals surface area contributed by atoms with Crippen LogP contribution >= 0.6 is 23.2 Å². The lowest BCUT2D eigenvalue weighted by Gasteiger charge is -2.07. The number of esters is 1. The molecule has 2 rings (SSSR count). The third kappa shape index (κ3) is 4.96. The molecule has 0 aromatic heterocycles. The third-order valence-electron chi connectivity index (χ3n) is 3.04. The fraction of sp³-hybridized carbons (Fsp3) is 0.188. The Kier molecular flexibility index (Phi) is 6.04. The molecule has 0 amide bonds. The lowest BCUT2D eigenvalue weighted by Crippen LogP contribution is -2.12. The van der Waals surface area contributed by atoms with E-state index in [4.69, 9.17) is 27.9 Å². The molecule has 7 heteroatoms. The molecule has 2 aromatic carbocycles. The molecule has 0 unspecified atom stereocenters. The number of rotatable bonds is 6. The van der Waals surface area contributed by atoms with E-state index in [0.717, 1.165) is 0 Å². The van der Waals surface area contributed by atoms with E-state index in [0.29, 0.717) is 5.02 Å². The highest BCUT2D eigenvalue weighted by molar-refractivity contribution is 7.91. The van der Waals surface area contributed by atoms with Crippen LogP contribution in [0, 0.1) is 0 Å². The van der Waals surface area contributed by atoms with Gasteiger partial charge in [0.05, 0.1) is 27.8 Å². The Morgan fingerprint density at radius 2 is 1.74 bits per heavy atom. The molecule has 0 N–H and O–H groups in total. The van der Waals surface area contributed by atoms with E-state index in [1.54, 1.807) is 18.2 Å². The lowest BCUT2D eigenvalue weighted by atomic mass is 10.2. The fourth-order valence-corrected chi connectivity index (χ4v) is 3.68. The highest BCUT2D eigenvalue weighted by Crippen LogP contribution is 2.21. The summed E-state index contributed by atoms with van der Waals surface area (Å²) in [4.78, 5) is 12.1. The molecular formula is C16H14Cl2O4S. The van der Waals surface area contributed by atoms with Gasteiger partial charge in [-0.1, -0.05) is 41.4 Å². The van der Waals surface area contributed by atoms with Gasteiger partial charge in [-0.15, -0.1) is 0 Å². The maximum atomic E-state index is 12.1. The Hall–Kier alpha value is -1.56. The Bertz CT molecular complexity index is 789. The van der Waals surface area contributed by atoms with Crippen molar-refractivity contribution in [2.45, 2.75) is 11.3 Å². The van der Waals surface area contributed by atoms with Crippen molar-refractivity contribution in [3.8, 4) is 0 Å². The van der Waals surface area contributed by atoms with Crippen molar-refractivity contribution in [2.75, 3.05) is 12.4 Å². The molecular weight excluding hydrogens is 359 g/mol. The van der Waals surface area contributed by atoms with Crippen molar-refractivity contribution in [1.29, 1.82) is 0 Å². The number of halogens is 2. The van der Waals surface area contributed by atoms with E-state index >= 15 is 0 Å². The smallest absolute Gasteiger partial charge is 0.339 e. The maximum Gasteiger partial charge on any atom is 0.339 e. The summed E-state index contributed by atoms with van der Waals surface area (Å²) in [6.07, 6.45) is 0.203. The van der Waals surface area contributed by atoms with Crippen molar-refractivity contribution >= 4 is 39.0 Å². The van der Waals surface area contributed by atoms with E-state index in [-0.39, 0.29) is 34.3 Å². The molecule has 23 heavy (non-hydrogen) atoms. The summed E-state index contributed by atoms with van der Waals surface area (Å²) in [5, 5.41) is 0.611. The second-order valence-electron chi connectivity index (χ2n) is 4.75. The number of ether oxygens (including phenoxy) is 1. The van der Waals surface area contributed by atoms with Crippen molar-refractivity contribution in [3.05, 3.63) is 64.1 Å². The minimum absolute atomic E-state index is 0.0101. The normalized spacial score (nSPS) is 11.2. The van der Waals surface area contributed by atoms with Crippen LogP contribution < -0.4 is 0 Å². The van der Waals surface area contributed by atoms with Crippen LogP contribution in [0.5, 0.6) is 0 Å². The first kappa shape index (κ1) is 17.8. The van der Waals surface area contributed by atoms with Gasteiger partial charge >= 0.3 is 5.97 Å². The van der Waals surface area contributed by atoms with Gasteiger partial charge in [-0.05, 0) is 36.8 Å². The van der Waals surface area contributed by atoms with Crippen LogP contribution in [-0.4, -0.2) is 26.7 Å². The van der Waals surface area contributed by atoms with Gasteiger partial charge in [-0.2, -0.15) is 0 Å². The van der Waals surface area contributed by atoms with Gasteiger partial charge in [0.1, 0.15) is 0 Å². The van der Waals surface area contributed by atoms with E-state index in [1.165, 1.54) is 30.3 Å². The monoisotopic (exact) mass is 372 g/mol. The molecule has 122 valence electrons. The fourth-order valence-electron chi connectivity index (χ4n) is 1.89. The standard InChI is InChI=1S/C16H14Cl2O4S/c17-12-7-8-14(15(18)11-12)16(19)22-9-4-10-23(20,21)13-5-2-1-3-6-13/h1-3,5-8,11H,4,9-10H2. The van der Waals surface area contributed by atoms with Crippen molar-refractivity contribution in [1.82, 2.24) is 0 Å². The van der Waals surface area contributed by atoms with E-state index in [9.17, 15) is 13.2 Å². The number of carbonyl (C=O) groups excluding carboxylic acids is 1. The summed E-state index contributed by atoms with van der Waals surface area (Å²) in [7, 11) is -3.37. The molecule has 0 fully saturated rings. The minimum Gasteiger partial charge on any atom is -0.462 e. The van der Waals surface area contributed by atoms with Gasteiger partial charge in [-0.3, -0.25) is 0 Å². The van der Waals surface area contributed by atoms with Crippen LogP contribution in [0.25, 0.3) is 0 Å². The van der Waals surface area contributed by atoms with Crippen LogP contribution in [0.15, 0.2) is 53.4 Å². The number of hydrogen-bond donors (Lipinski definition) is 0. The van der Waals surface area contributed by atoms with E-state index in [2.05, 4.69) is 0 Å². The van der Waals surface area contributed by atoms with Crippen LogP contribution in [0.1, 0.15) is 16.8 Å². The first-order valence-electron chi connectivity index (χ1n) is 6.80. The molecule has 0 heterocycles. The van der Waals surface area contributed by atoms with Crippen molar-refractivity contribution < 1.29 is 17.9 Å². The van der Waals surface area contributed by atoms with Crippen LogP contribution in [0.2, 0.25) is 10.0 Å². The SMILES string of the molecule is O=C(OCCCS(=O)(=O)c1ccccc1)c1ccc(Cl)cc1Cl. The molecule has 0 spiro atoms. The average Bonchev–Trinajstić information content (AvgIpc) is 2.52. The van der Waals surface area contributed by atoms with Gasteiger partial charge in [0.25, 0.3) is 0 Å². The third-order valence-corrected chi connectivity index (χ3v) is 5.41. The zero-order chi connectivity index (χ0) is 16.9. The molecule has 0 radical (unpaired) electrons. The van der Waals surface area contributed by atoms with Crippen LogP contribution in [0.4, 0.5) is 0 Å². The molecule has 0 saturated heterocycles. The molecule has 0 aliphatic rings. The van der Waals surface area contributed by atoms with Crippen molar-refractivity contribution in [2.24, 2.45) is 0 Å². The molecule has 0 aliphatic heterocycles. The summed E-state index contributed by atoms with van der Waals surface area (Å²) in [6, 6.07) is 12.6. The first-order chi connectivity index (χ1) is 10.9. The van der Waals surface area contributed by atoms with Gasteiger partial charge in [0.2, 0.25) is 0 Å². The Balaban J connectivity index is 1.87. The predicted octanol–water partition coefficient (Wildman–Crippen LogP) is 4.01. The topological polar surface area (TPSA) is 60.4 Å². The van der Waals surface area contributed by atoms with E-state index < -0.39 is 15.8 Å². The summed E-state index contributed by atoms with van der Waals surface area (Å²) in [6.45, 7) is -0.0101. The van der Waals surface area contributed by atoms with E-state index in [1.807, 2.05) is 0 Å². The van der Waals surface area contributed by atoms with Gasteiger partial charge in [0, 0.05) is 5.02 Å². The maximum absolute atomic E-state index is 12.1.